The fraction of sp³-hybridized carbons (Fsp3) is 0.174. The summed E-state index contributed by atoms with van der Waals surface area (Å²) in [6.45, 7) is 7.00. The monoisotopic (exact) mass is 424 g/mol. The fourth-order valence-corrected chi connectivity index (χ4v) is 2.62. The van der Waals surface area contributed by atoms with Gasteiger partial charge in [-0.1, -0.05) is 24.8 Å². The van der Waals surface area contributed by atoms with Gasteiger partial charge in [0.15, 0.2) is 5.82 Å². The van der Waals surface area contributed by atoms with Crippen LogP contribution in [0.2, 0.25) is 0 Å². The van der Waals surface area contributed by atoms with E-state index >= 15 is 0 Å². The van der Waals surface area contributed by atoms with Crippen molar-refractivity contribution >= 4 is 23.3 Å². The van der Waals surface area contributed by atoms with E-state index in [9.17, 15) is 14.0 Å². The second kappa shape index (κ2) is 10.8. The Bertz CT molecular complexity index is 1060. The van der Waals surface area contributed by atoms with Crippen molar-refractivity contribution in [1.82, 2.24) is 10.3 Å². The Labute approximate surface area is 180 Å². The lowest BCUT2D eigenvalue weighted by Gasteiger charge is -2.15. The molecule has 0 fully saturated rings. The molecule has 162 valence electrons. The van der Waals surface area contributed by atoms with Gasteiger partial charge in [-0.15, -0.1) is 0 Å². The zero-order chi connectivity index (χ0) is 23.0. The maximum Gasteiger partial charge on any atom is 0.255 e. The Morgan fingerprint density at radius 2 is 1.94 bits per heavy atom. The zero-order valence-corrected chi connectivity index (χ0v) is 17.6. The molecule has 0 aliphatic carbocycles. The number of amides is 2. The molecule has 2 aromatic rings. The molecule has 0 spiro atoms. The molecular formula is C23H25FN4O3. The number of aliphatic hydroxyl groups is 1. The van der Waals surface area contributed by atoms with Crippen molar-refractivity contribution in [1.29, 1.82) is 0 Å². The van der Waals surface area contributed by atoms with E-state index in [4.69, 9.17) is 5.11 Å². The van der Waals surface area contributed by atoms with Crippen LogP contribution in [0.4, 0.5) is 15.9 Å². The lowest BCUT2D eigenvalue weighted by molar-refractivity contribution is 0.0961. The minimum atomic E-state index is -0.689. The topological polar surface area (TPSA) is 103 Å². The van der Waals surface area contributed by atoms with Crippen molar-refractivity contribution < 1.29 is 19.1 Å². The Morgan fingerprint density at radius 3 is 2.52 bits per heavy atom. The Hall–Kier alpha value is -3.78. The summed E-state index contributed by atoms with van der Waals surface area (Å²) in [6.07, 6.45) is 6.70. The van der Waals surface area contributed by atoms with E-state index in [0.717, 1.165) is 11.6 Å². The van der Waals surface area contributed by atoms with Gasteiger partial charge in [-0.25, -0.2) is 9.37 Å². The predicted octanol–water partition coefficient (Wildman–Crippen LogP) is 3.77. The van der Waals surface area contributed by atoms with Crippen LogP contribution in [0.15, 0.2) is 66.5 Å². The van der Waals surface area contributed by atoms with Gasteiger partial charge in [0.1, 0.15) is 5.82 Å². The van der Waals surface area contributed by atoms with Crippen molar-refractivity contribution in [2.75, 3.05) is 17.7 Å². The van der Waals surface area contributed by atoms with Gasteiger partial charge in [0.2, 0.25) is 0 Å². The Balaban J connectivity index is 2.47. The molecule has 0 saturated heterocycles. The number of anilines is 2. The highest BCUT2D eigenvalue weighted by molar-refractivity contribution is 6.06. The zero-order valence-electron chi connectivity index (χ0n) is 17.6. The Morgan fingerprint density at radius 1 is 1.19 bits per heavy atom. The van der Waals surface area contributed by atoms with Gasteiger partial charge in [0.25, 0.3) is 11.8 Å². The number of carbonyl (C=O) groups excluding carboxylic acids is 2. The summed E-state index contributed by atoms with van der Waals surface area (Å²) in [6, 6.07) is 5.25. The normalized spacial score (nSPS) is 11.6. The molecule has 0 saturated carbocycles. The summed E-state index contributed by atoms with van der Waals surface area (Å²) in [5, 5.41) is 17.4. The van der Waals surface area contributed by atoms with Crippen molar-refractivity contribution in [2.24, 2.45) is 0 Å². The van der Waals surface area contributed by atoms with E-state index < -0.39 is 18.3 Å². The van der Waals surface area contributed by atoms with Gasteiger partial charge in [-0.3, -0.25) is 9.59 Å². The molecule has 2 rings (SSSR count). The van der Waals surface area contributed by atoms with E-state index in [1.165, 1.54) is 31.4 Å². The predicted molar refractivity (Wildman–Crippen MR) is 119 cm³/mol. The molecule has 1 heterocycles. The van der Waals surface area contributed by atoms with E-state index in [2.05, 4.69) is 27.5 Å². The third-order valence-corrected chi connectivity index (χ3v) is 4.43. The van der Waals surface area contributed by atoms with Crippen molar-refractivity contribution in [3.63, 3.8) is 0 Å². The van der Waals surface area contributed by atoms with Crippen molar-refractivity contribution in [3.8, 4) is 0 Å². The highest BCUT2D eigenvalue weighted by Crippen LogP contribution is 2.24. The maximum absolute atomic E-state index is 14.0. The first-order valence-electron chi connectivity index (χ1n) is 9.50. The average Bonchev–Trinajstić information content (AvgIpc) is 2.78. The number of pyridine rings is 1. The quantitative estimate of drug-likeness (QED) is 0.483. The highest BCUT2D eigenvalue weighted by atomic mass is 19.1. The van der Waals surface area contributed by atoms with Crippen LogP contribution in [0.5, 0.6) is 0 Å². The summed E-state index contributed by atoms with van der Waals surface area (Å²) >= 11 is 0. The first-order valence-corrected chi connectivity index (χ1v) is 9.50. The van der Waals surface area contributed by atoms with Crippen LogP contribution in [0.1, 0.15) is 40.1 Å². The van der Waals surface area contributed by atoms with Crippen LogP contribution in [0, 0.1) is 5.82 Å². The summed E-state index contributed by atoms with van der Waals surface area (Å²) < 4.78 is 14.0. The van der Waals surface area contributed by atoms with Crippen LogP contribution in [0.25, 0.3) is 0 Å². The van der Waals surface area contributed by atoms with Crippen LogP contribution >= 0.6 is 0 Å². The number of hydrogen-bond acceptors (Lipinski definition) is 5. The summed E-state index contributed by atoms with van der Waals surface area (Å²) in [5.74, 6) is -1.37. The van der Waals surface area contributed by atoms with Gasteiger partial charge in [-0.2, -0.15) is 0 Å². The largest absolute Gasteiger partial charge is 0.392 e. The van der Waals surface area contributed by atoms with E-state index in [1.807, 2.05) is 26.0 Å². The number of aliphatic hydroxyl groups excluding tert-OH is 1. The minimum Gasteiger partial charge on any atom is -0.392 e. The third-order valence-electron chi connectivity index (χ3n) is 4.43. The molecule has 0 aliphatic heterocycles. The first kappa shape index (κ1) is 23.5. The minimum absolute atomic E-state index is 0.0532. The third kappa shape index (κ3) is 5.86. The average molecular weight is 424 g/mol. The second-order valence-electron chi connectivity index (χ2n) is 6.54. The van der Waals surface area contributed by atoms with E-state index in [0.29, 0.717) is 11.5 Å². The van der Waals surface area contributed by atoms with Crippen LogP contribution < -0.4 is 16.0 Å². The number of benzene rings is 1. The molecule has 0 unspecified atom stereocenters. The summed E-state index contributed by atoms with van der Waals surface area (Å²) in [4.78, 5) is 29.0. The summed E-state index contributed by atoms with van der Waals surface area (Å²) in [7, 11) is 1.48. The smallest absolute Gasteiger partial charge is 0.255 e. The number of rotatable bonds is 8. The second-order valence-corrected chi connectivity index (χ2v) is 6.54. The molecule has 4 N–H and O–H groups in total. The fourth-order valence-electron chi connectivity index (χ4n) is 2.62. The molecular weight excluding hydrogens is 399 g/mol. The number of nitrogens with zero attached hydrogens (tertiary/aromatic N) is 1. The van der Waals surface area contributed by atoms with Crippen molar-refractivity contribution in [3.05, 3.63) is 89.0 Å². The number of carbonyl (C=O) groups is 2. The molecule has 1 aromatic heterocycles. The van der Waals surface area contributed by atoms with E-state index in [1.54, 1.807) is 6.08 Å². The molecule has 0 aliphatic rings. The molecule has 1 aromatic carbocycles. The summed E-state index contributed by atoms with van der Waals surface area (Å²) in [5.41, 5.74) is 2.15. The molecule has 0 bridgehead atoms. The molecule has 8 heteroatoms. The first-order chi connectivity index (χ1) is 14.8. The molecule has 7 nitrogen and oxygen atoms in total. The van der Waals surface area contributed by atoms with Gasteiger partial charge >= 0.3 is 0 Å². The highest BCUT2D eigenvalue weighted by Gasteiger charge is 2.16. The van der Waals surface area contributed by atoms with Crippen molar-refractivity contribution in [2.45, 2.75) is 20.5 Å². The number of halogens is 1. The number of nitrogens with one attached hydrogen (secondary N) is 3. The van der Waals surface area contributed by atoms with E-state index in [-0.39, 0.29) is 28.3 Å². The maximum atomic E-state index is 14.0. The lowest BCUT2D eigenvalue weighted by Crippen LogP contribution is -2.20. The van der Waals surface area contributed by atoms with Crippen LogP contribution in [-0.2, 0) is 6.61 Å². The standard InChI is InChI=1S/C23H25FN4O3/c1-5-7-19(14(3)6-2)27-21-20(11-17(12-26-21)22(30)25-4)28-23(31)15-8-9-16(13-29)18(24)10-15/h5-12,29H,2,13H2,1,3-4H3,(H,25,30)(H,26,27)(H,28,31)/b7-5-,19-14+. The number of aromatic nitrogens is 1. The Kier molecular flexibility index (Phi) is 8.22. The molecule has 2 amide bonds. The van der Waals surface area contributed by atoms with Crippen LogP contribution in [0.3, 0.4) is 0 Å². The SMILES string of the molecule is C=C/C(C)=C(\C=C/C)Nc1ncc(C(=O)NC)cc1NC(=O)c1ccc(CO)c(F)c1. The molecule has 31 heavy (non-hydrogen) atoms. The van der Waals surface area contributed by atoms with Gasteiger partial charge < -0.3 is 21.1 Å². The van der Waals surface area contributed by atoms with Gasteiger partial charge in [0, 0.05) is 30.1 Å². The number of allylic oxidation sites excluding steroid dienone is 4. The molecule has 0 atom stereocenters. The lowest BCUT2D eigenvalue weighted by atomic mass is 10.1. The van der Waals surface area contributed by atoms with Gasteiger partial charge in [0.05, 0.1) is 17.9 Å². The molecule has 0 radical (unpaired) electrons. The van der Waals surface area contributed by atoms with Gasteiger partial charge in [-0.05, 0) is 43.7 Å². The van der Waals surface area contributed by atoms with Crippen LogP contribution in [-0.4, -0.2) is 29.0 Å². The number of hydrogen-bond donors (Lipinski definition) is 4.